The largest absolute Gasteiger partial charge is 0.389 e. The van der Waals surface area contributed by atoms with Gasteiger partial charge >= 0.3 is 0 Å². The zero-order valence-corrected chi connectivity index (χ0v) is 14.9. The summed E-state index contributed by atoms with van der Waals surface area (Å²) in [6, 6.07) is 1.93. The minimum atomic E-state index is -0.551. The van der Waals surface area contributed by atoms with E-state index in [1.165, 1.54) is 12.8 Å². The number of hydrogen-bond acceptors (Lipinski definition) is 5. The summed E-state index contributed by atoms with van der Waals surface area (Å²) >= 11 is 0. The summed E-state index contributed by atoms with van der Waals surface area (Å²) in [7, 11) is 0. The first-order valence-electron chi connectivity index (χ1n) is 8.82. The van der Waals surface area contributed by atoms with Crippen molar-refractivity contribution < 1.29 is 14.4 Å². The second-order valence-electron chi connectivity index (χ2n) is 6.58. The molecule has 7 heteroatoms. The third-order valence-electron chi connectivity index (χ3n) is 3.77. The van der Waals surface area contributed by atoms with Crippen molar-refractivity contribution in [2.24, 2.45) is 10.9 Å². The predicted molar refractivity (Wildman–Crippen MR) is 93.0 cm³/mol. The first kappa shape index (κ1) is 18.7. The summed E-state index contributed by atoms with van der Waals surface area (Å²) < 4.78 is 10.8. The maximum absolute atomic E-state index is 9.95. The van der Waals surface area contributed by atoms with Crippen molar-refractivity contribution in [3.05, 3.63) is 17.5 Å². The Morgan fingerprint density at radius 1 is 1.46 bits per heavy atom. The average molecular weight is 338 g/mol. The van der Waals surface area contributed by atoms with E-state index < -0.39 is 6.10 Å². The van der Waals surface area contributed by atoms with Crippen LogP contribution in [0.15, 0.2) is 15.6 Å². The SMILES string of the molecule is CCNC(=NCc1cc(C(C)C)no1)NCC(O)COCC1CC1. The van der Waals surface area contributed by atoms with E-state index in [0.29, 0.717) is 37.5 Å². The number of ether oxygens (including phenoxy) is 1. The van der Waals surface area contributed by atoms with Crippen molar-refractivity contribution >= 4 is 5.96 Å². The molecule has 0 spiro atoms. The number of aliphatic imine (C=N–C) groups is 1. The Bertz CT molecular complexity index is 512. The van der Waals surface area contributed by atoms with Crippen molar-refractivity contribution in [1.82, 2.24) is 15.8 Å². The molecule has 1 unspecified atom stereocenters. The van der Waals surface area contributed by atoms with Gasteiger partial charge in [-0.3, -0.25) is 0 Å². The number of aliphatic hydroxyl groups is 1. The molecule has 3 N–H and O–H groups in total. The highest BCUT2D eigenvalue weighted by Gasteiger charge is 2.21. The highest BCUT2D eigenvalue weighted by molar-refractivity contribution is 5.79. The second-order valence-corrected chi connectivity index (χ2v) is 6.58. The lowest BCUT2D eigenvalue weighted by molar-refractivity contribution is 0.0345. The van der Waals surface area contributed by atoms with Gasteiger partial charge in [0, 0.05) is 25.8 Å². The van der Waals surface area contributed by atoms with Crippen molar-refractivity contribution in [3.63, 3.8) is 0 Å². The highest BCUT2D eigenvalue weighted by atomic mass is 16.5. The molecule has 1 atom stereocenters. The topological polar surface area (TPSA) is 91.9 Å². The number of guanidine groups is 1. The normalized spacial score (nSPS) is 16.5. The predicted octanol–water partition coefficient (Wildman–Crippen LogP) is 1.64. The van der Waals surface area contributed by atoms with E-state index in [1.807, 2.05) is 13.0 Å². The van der Waals surface area contributed by atoms with Crippen LogP contribution in [0.2, 0.25) is 0 Å². The fourth-order valence-electron chi connectivity index (χ4n) is 2.10. The molecule has 0 aliphatic heterocycles. The molecule has 1 aromatic heterocycles. The number of nitrogens with zero attached hydrogens (tertiary/aromatic N) is 2. The lowest BCUT2D eigenvalue weighted by Crippen LogP contribution is -2.42. The second kappa shape index (κ2) is 9.64. The molecule has 1 aromatic rings. The quantitative estimate of drug-likeness (QED) is 0.444. The summed E-state index contributed by atoms with van der Waals surface area (Å²) in [5.41, 5.74) is 0.932. The number of hydrogen-bond donors (Lipinski definition) is 3. The van der Waals surface area contributed by atoms with Gasteiger partial charge in [0.25, 0.3) is 0 Å². The molecule has 0 amide bonds. The molecule has 0 saturated heterocycles. The lowest BCUT2D eigenvalue weighted by Gasteiger charge is -2.15. The number of nitrogens with one attached hydrogen (secondary N) is 2. The Kier molecular flexibility index (Phi) is 7.52. The summed E-state index contributed by atoms with van der Waals surface area (Å²) in [6.45, 7) is 8.79. The summed E-state index contributed by atoms with van der Waals surface area (Å²) in [5, 5.41) is 20.2. The van der Waals surface area contributed by atoms with Gasteiger partial charge in [0.15, 0.2) is 11.7 Å². The van der Waals surface area contributed by atoms with E-state index >= 15 is 0 Å². The van der Waals surface area contributed by atoms with Gasteiger partial charge in [-0.05, 0) is 31.6 Å². The number of aliphatic hydroxyl groups excluding tert-OH is 1. The Balaban J connectivity index is 1.74. The molecule has 1 heterocycles. The van der Waals surface area contributed by atoms with Crippen LogP contribution >= 0.6 is 0 Å². The van der Waals surface area contributed by atoms with Crippen molar-refractivity contribution in [1.29, 1.82) is 0 Å². The standard InChI is InChI=1S/C17H30N4O3/c1-4-18-17(19-8-14(22)11-23-10-13-5-6-13)20-9-15-7-16(12(2)3)21-24-15/h7,12-14,22H,4-6,8-11H2,1-3H3,(H2,18,19,20). The third kappa shape index (κ3) is 6.88. The van der Waals surface area contributed by atoms with Crippen LogP contribution in [0.5, 0.6) is 0 Å². The highest BCUT2D eigenvalue weighted by Crippen LogP contribution is 2.28. The Morgan fingerprint density at radius 2 is 2.25 bits per heavy atom. The smallest absolute Gasteiger partial charge is 0.191 e. The van der Waals surface area contributed by atoms with Gasteiger partial charge in [-0.1, -0.05) is 19.0 Å². The van der Waals surface area contributed by atoms with Gasteiger partial charge in [-0.25, -0.2) is 4.99 Å². The molecule has 0 bridgehead atoms. The van der Waals surface area contributed by atoms with Crippen LogP contribution in [0, 0.1) is 5.92 Å². The molecule has 7 nitrogen and oxygen atoms in total. The molecule has 1 fully saturated rings. The molecule has 0 aromatic carbocycles. The molecule has 0 radical (unpaired) electrons. The van der Waals surface area contributed by atoms with E-state index in [9.17, 15) is 5.11 Å². The minimum absolute atomic E-state index is 0.337. The van der Waals surface area contributed by atoms with Gasteiger partial charge in [0.1, 0.15) is 6.54 Å². The average Bonchev–Trinajstić information content (AvgIpc) is 3.24. The Morgan fingerprint density at radius 3 is 2.88 bits per heavy atom. The maximum Gasteiger partial charge on any atom is 0.191 e. The van der Waals surface area contributed by atoms with Gasteiger partial charge < -0.3 is 25.0 Å². The van der Waals surface area contributed by atoms with Crippen LogP contribution in [0.1, 0.15) is 51.0 Å². The fraction of sp³-hybridized carbons (Fsp3) is 0.765. The fourth-order valence-corrected chi connectivity index (χ4v) is 2.10. The molecular formula is C17H30N4O3. The minimum Gasteiger partial charge on any atom is -0.389 e. The lowest BCUT2D eigenvalue weighted by atomic mass is 10.1. The first-order valence-corrected chi connectivity index (χ1v) is 8.82. The number of rotatable bonds is 10. The molecule has 2 rings (SSSR count). The maximum atomic E-state index is 9.95. The number of aromatic nitrogens is 1. The monoisotopic (exact) mass is 338 g/mol. The van der Waals surface area contributed by atoms with E-state index in [-0.39, 0.29) is 0 Å². The van der Waals surface area contributed by atoms with Gasteiger partial charge in [-0.15, -0.1) is 0 Å². The van der Waals surface area contributed by atoms with Crippen molar-refractivity contribution in [2.45, 2.75) is 52.2 Å². The zero-order chi connectivity index (χ0) is 17.4. The van der Waals surface area contributed by atoms with Crippen LogP contribution in [-0.4, -0.2) is 48.6 Å². The molecular weight excluding hydrogens is 308 g/mol. The van der Waals surface area contributed by atoms with Crippen LogP contribution in [0.4, 0.5) is 0 Å². The van der Waals surface area contributed by atoms with E-state index in [4.69, 9.17) is 9.26 Å². The first-order chi connectivity index (χ1) is 11.6. The van der Waals surface area contributed by atoms with Crippen LogP contribution in [-0.2, 0) is 11.3 Å². The molecule has 1 aliphatic carbocycles. The van der Waals surface area contributed by atoms with Crippen molar-refractivity contribution in [2.75, 3.05) is 26.3 Å². The van der Waals surface area contributed by atoms with Gasteiger partial charge in [-0.2, -0.15) is 0 Å². The Hall–Kier alpha value is -1.60. The molecule has 136 valence electrons. The van der Waals surface area contributed by atoms with Crippen molar-refractivity contribution in [3.8, 4) is 0 Å². The van der Waals surface area contributed by atoms with E-state index in [1.54, 1.807) is 0 Å². The summed E-state index contributed by atoms with van der Waals surface area (Å²) in [4.78, 5) is 4.46. The van der Waals surface area contributed by atoms with Crippen LogP contribution < -0.4 is 10.6 Å². The zero-order valence-electron chi connectivity index (χ0n) is 14.9. The molecule has 24 heavy (non-hydrogen) atoms. The van der Waals surface area contributed by atoms with Gasteiger partial charge in [0.2, 0.25) is 0 Å². The van der Waals surface area contributed by atoms with Gasteiger partial charge in [0.05, 0.1) is 18.4 Å². The van der Waals surface area contributed by atoms with E-state index in [2.05, 4.69) is 34.6 Å². The molecule has 1 saturated carbocycles. The molecule has 1 aliphatic rings. The Labute approximate surface area is 143 Å². The van der Waals surface area contributed by atoms with Crippen LogP contribution in [0.3, 0.4) is 0 Å². The summed E-state index contributed by atoms with van der Waals surface area (Å²) in [5.74, 6) is 2.41. The van der Waals surface area contributed by atoms with Crippen LogP contribution in [0.25, 0.3) is 0 Å². The van der Waals surface area contributed by atoms with E-state index in [0.717, 1.165) is 24.6 Å². The third-order valence-corrected chi connectivity index (χ3v) is 3.77. The summed E-state index contributed by atoms with van der Waals surface area (Å²) in [6.07, 6.45) is 1.96.